The molecule has 8 heteroatoms. The molecule has 0 fully saturated rings. The smallest absolute Gasteiger partial charge is 0.345 e. The highest BCUT2D eigenvalue weighted by Gasteiger charge is 2.22. The fraction of sp³-hybridized carbons (Fsp3) is 0.263. The first-order valence-electron chi connectivity index (χ1n) is 8.32. The van der Waals surface area contributed by atoms with Crippen molar-refractivity contribution >= 4 is 34.9 Å². The van der Waals surface area contributed by atoms with Crippen LogP contribution in [0.25, 0.3) is 0 Å². The van der Waals surface area contributed by atoms with Gasteiger partial charge < -0.3 is 10.1 Å². The average molecular weight is 391 g/mol. The molecular formula is C19H19ClN2O5. The molecule has 0 aromatic heterocycles. The van der Waals surface area contributed by atoms with Gasteiger partial charge in [0.25, 0.3) is 11.6 Å². The molecule has 2 aromatic rings. The first-order valence-corrected chi connectivity index (χ1v) is 8.70. The Labute approximate surface area is 161 Å². The third-order valence-electron chi connectivity index (χ3n) is 4.09. The lowest BCUT2D eigenvalue weighted by Gasteiger charge is -2.11. The van der Waals surface area contributed by atoms with Gasteiger partial charge in [-0.25, -0.2) is 4.79 Å². The molecule has 0 aliphatic rings. The van der Waals surface area contributed by atoms with Crippen molar-refractivity contribution in [3.05, 3.63) is 68.7 Å². The number of anilines is 1. The minimum absolute atomic E-state index is 0.151. The van der Waals surface area contributed by atoms with Crippen LogP contribution in [0.1, 0.15) is 42.1 Å². The third kappa shape index (κ3) is 5.52. The molecule has 27 heavy (non-hydrogen) atoms. The van der Waals surface area contributed by atoms with E-state index in [-0.39, 0.29) is 10.6 Å². The van der Waals surface area contributed by atoms with Crippen LogP contribution in [0.4, 0.5) is 11.4 Å². The van der Waals surface area contributed by atoms with Crippen molar-refractivity contribution < 1.29 is 19.2 Å². The Bertz CT molecular complexity index is 852. The molecule has 142 valence electrons. The van der Waals surface area contributed by atoms with Crippen molar-refractivity contribution in [2.45, 2.75) is 26.2 Å². The molecule has 1 amide bonds. The van der Waals surface area contributed by atoms with Crippen LogP contribution in [-0.4, -0.2) is 23.4 Å². The molecule has 0 bridgehead atoms. The second kappa shape index (κ2) is 9.14. The summed E-state index contributed by atoms with van der Waals surface area (Å²) in [6.07, 6.45) is 1.01. The van der Waals surface area contributed by atoms with Gasteiger partial charge in [0.2, 0.25) is 0 Å². The van der Waals surface area contributed by atoms with E-state index in [1.54, 1.807) is 12.1 Å². The Morgan fingerprint density at radius 1 is 1.22 bits per heavy atom. The maximum absolute atomic E-state index is 12.1. The van der Waals surface area contributed by atoms with Gasteiger partial charge in [0.1, 0.15) is 5.56 Å². The number of nitro groups is 1. The molecule has 0 unspecified atom stereocenters. The van der Waals surface area contributed by atoms with Gasteiger partial charge in [-0.2, -0.15) is 0 Å². The zero-order valence-electron chi connectivity index (χ0n) is 14.9. The number of nitrogens with one attached hydrogen (secondary N) is 1. The summed E-state index contributed by atoms with van der Waals surface area (Å²) in [5.41, 5.74) is 0.982. The van der Waals surface area contributed by atoms with E-state index in [2.05, 4.69) is 19.2 Å². The van der Waals surface area contributed by atoms with Crippen molar-refractivity contribution in [3.63, 3.8) is 0 Å². The summed E-state index contributed by atoms with van der Waals surface area (Å²) >= 11 is 5.77. The SMILES string of the molecule is CC[C@@H](C)c1ccc(NC(=O)COC(=O)c2cc(Cl)ccc2[N+](=O)[O-])cc1. The van der Waals surface area contributed by atoms with Gasteiger partial charge in [0.05, 0.1) is 4.92 Å². The Hall–Kier alpha value is -2.93. The van der Waals surface area contributed by atoms with Crippen molar-refractivity contribution in [3.8, 4) is 0 Å². The number of rotatable bonds is 7. The fourth-order valence-corrected chi connectivity index (χ4v) is 2.54. The molecule has 0 spiro atoms. The lowest BCUT2D eigenvalue weighted by atomic mass is 9.99. The number of nitro benzene ring substituents is 1. The summed E-state index contributed by atoms with van der Waals surface area (Å²) in [6.45, 7) is 3.64. The first-order chi connectivity index (χ1) is 12.8. The highest BCUT2D eigenvalue weighted by molar-refractivity contribution is 6.31. The molecule has 0 saturated heterocycles. The number of nitrogens with zero attached hydrogens (tertiary/aromatic N) is 1. The van der Waals surface area contributed by atoms with E-state index in [0.717, 1.165) is 24.1 Å². The van der Waals surface area contributed by atoms with Gasteiger partial charge in [-0.05, 0) is 42.2 Å². The second-order valence-electron chi connectivity index (χ2n) is 5.97. The number of esters is 1. The molecule has 0 heterocycles. The predicted molar refractivity (Wildman–Crippen MR) is 102 cm³/mol. The summed E-state index contributed by atoms with van der Waals surface area (Å²) < 4.78 is 4.87. The molecule has 0 aliphatic carbocycles. The summed E-state index contributed by atoms with van der Waals surface area (Å²) in [6, 6.07) is 10.9. The van der Waals surface area contributed by atoms with Crippen molar-refractivity contribution in [2.24, 2.45) is 0 Å². The van der Waals surface area contributed by atoms with Crippen LogP contribution in [-0.2, 0) is 9.53 Å². The molecule has 0 saturated carbocycles. The van der Waals surface area contributed by atoms with E-state index in [0.29, 0.717) is 11.6 Å². The number of hydrogen-bond donors (Lipinski definition) is 1. The number of benzene rings is 2. The predicted octanol–water partition coefficient (Wildman–Crippen LogP) is 4.56. The monoisotopic (exact) mass is 390 g/mol. The maximum Gasteiger partial charge on any atom is 0.345 e. The fourth-order valence-electron chi connectivity index (χ4n) is 2.37. The van der Waals surface area contributed by atoms with Gasteiger partial charge in [0, 0.05) is 16.8 Å². The molecule has 1 N–H and O–H groups in total. The highest BCUT2D eigenvalue weighted by Crippen LogP contribution is 2.23. The van der Waals surface area contributed by atoms with Gasteiger partial charge >= 0.3 is 5.97 Å². The van der Waals surface area contributed by atoms with Crippen LogP contribution < -0.4 is 5.32 Å². The molecule has 2 rings (SSSR count). The maximum atomic E-state index is 12.1. The highest BCUT2D eigenvalue weighted by atomic mass is 35.5. The van der Waals surface area contributed by atoms with Crippen LogP contribution in [0.5, 0.6) is 0 Å². The molecule has 2 aromatic carbocycles. The molecular weight excluding hydrogens is 372 g/mol. The van der Waals surface area contributed by atoms with Crippen LogP contribution in [0.15, 0.2) is 42.5 Å². The van der Waals surface area contributed by atoms with E-state index in [9.17, 15) is 19.7 Å². The third-order valence-corrected chi connectivity index (χ3v) is 4.32. The Morgan fingerprint density at radius 2 is 1.89 bits per heavy atom. The second-order valence-corrected chi connectivity index (χ2v) is 6.41. The average Bonchev–Trinajstić information content (AvgIpc) is 2.65. The van der Waals surface area contributed by atoms with E-state index in [1.807, 2.05) is 12.1 Å². The van der Waals surface area contributed by atoms with E-state index < -0.39 is 29.1 Å². The molecule has 0 radical (unpaired) electrons. The summed E-state index contributed by atoms with van der Waals surface area (Å²) in [4.78, 5) is 34.3. The number of carbonyl (C=O) groups excluding carboxylic acids is 2. The van der Waals surface area contributed by atoms with Crippen LogP contribution in [0.3, 0.4) is 0 Å². The zero-order chi connectivity index (χ0) is 20.0. The van der Waals surface area contributed by atoms with Crippen molar-refractivity contribution in [2.75, 3.05) is 11.9 Å². The van der Waals surface area contributed by atoms with Gasteiger partial charge in [0.15, 0.2) is 6.61 Å². The lowest BCUT2D eigenvalue weighted by Crippen LogP contribution is -2.21. The topological polar surface area (TPSA) is 98.5 Å². The van der Waals surface area contributed by atoms with E-state index in [4.69, 9.17) is 16.3 Å². The van der Waals surface area contributed by atoms with E-state index >= 15 is 0 Å². The normalized spacial score (nSPS) is 11.5. The van der Waals surface area contributed by atoms with Gasteiger partial charge in [-0.1, -0.05) is 37.6 Å². The number of amides is 1. The molecule has 0 aliphatic heterocycles. The number of ether oxygens (including phenoxy) is 1. The molecule has 1 atom stereocenters. The van der Waals surface area contributed by atoms with Crippen LogP contribution in [0, 0.1) is 10.1 Å². The summed E-state index contributed by atoms with van der Waals surface area (Å²) in [7, 11) is 0. The van der Waals surface area contributed by atoms with Gasteiger partial charge in [-0.3, -0.25) is 14.9 Å². The minimum atomic E-state index is -0.994. The number of hydrogen-bond acceptors (Lipinski definition) is 5. The zero-order valence-corrected chi connectivity index (χ0v) is 15.7. The first kappa shape index (κ1) is 20.4. The standard InChI is InChI=1S/C19H19ClN2O5/c1-3-12(2)13-4-7-15(8-5-13)21-18(23)11-27-19(24)16-10-14(20)6-9-17(16)22(25)26/h4-10,12H,3,11H2,1-2H3,(H,21,23)/t12-/m1/s1. The minimum Gasteiger partial charge on any atom is -0.452 e. The summed E-state index contributed by atoms with van der Waals surface area (Å²) in [5, 5.41) is 13.7. The number of halogens is 1. The largest absolute Gasteiger partial charge is 0.452 e. The van der Waals surface area contributed by atoms with Crippen LogP contribution in [0.2, 0.25) is 5.02 Å². The van der Waals surface area contributed by atoms with Crippen molar-refractivity contribution in [1.29, 1.82) is 0 Å². The molecule has 7 nitrogen and oxygen atoms in total. The Kier molecular flexibility index (Phi) is 6.90. The van der Waals surface area contributed by atoms with Gasteiger partial charge in [-0.15, -0.1) is 0 Å². The lowest BCUT2D eigenvalue weighted by molar-refractivity contribution is -0.385. The van der Waals surface area contributed by atoms with E-state index in [1.165, 1.54) is 6.07 Å². The van der Waals surface area contributed by atoms with Crippen LogP contribution >= 0.6 is 11.6 Å². The van der Waals surface area contributed by atoms with Crippen molar-refractivity contribution in [1.82, 2.24) is 0 Å². The quantitative estimate of drug-likeness (QED) is 0.424. The number of carbonyl (C=O) groups is 2. The Balaban J connectivity index is 1.97. The summed E-state index contributed by atoms with van der Waals surface area (Å²) in [5.74, 6) is -1.13. The Morgan fingerprint density at radius 3 is 2.48 bits per heavy atom.